The predicted molar refractivity (Wildman–Crippen MR) is 124 cm³/mol. The Bertz CT molecular complexity index is 1100. The Kier molecular flexibility index (Phi) is 6.95. The van der Waals surface area contributed by atoms with Gasteiger partial charge in [0.05, 0.1) is 6.20 Å². The van der Waals surface area contributed by atoms with Gasteiger partial charge in [0, 0.05) is 45.1 Å². The molecule has 3 aromatic rings. The van der Waals surface area contributed by atoms with E-state index in [1.54, 1.807) is 42.5 Å². The third kappa shape index (κ3) is 5.35. The van der Waals surface area contributed by atoms with Crippen LogP contribution in [-0.4, -0.2) is 64.3 Å². The zero-order valence-corrected chi connectivity index (χ0v) is 18.8. The van der Waals surface area contributed by atoms with Crippen molar-refractivity contribution in [1.82, 2.24) is 25.1 Å². The van der Waals surface area contributed by atoms with Crippen molar-refractivity contribution in [3.05, 3.63) is 83.8 Å². The minimum atomic E-state index is -0.617. The molecule has 1 N–H and O–H groups in total. The second-order valence-corrected chi connectivity index (χ2v) is 7.94. The van der Waals surface area contributed by atoms with Crippen LogP contribution in [0, 0.1) is 6.92 Å². The maximum Gasteiger partial charge on any atom is 0.260 e. The Morgan fingerprint density at radius 1 is 1.06 bits per heavy atom. The molecule has 1 aromatic carbocycles. The number of carbonyl (C=O) groups excluding carboxylic acids is 2. The number of hydrogen-bond donors (Lipinski definition) is 1. The highest BCUT2D eigenvalue weighted by atomic mass is 16.5. The van der Waals surface area contributed by atoms with Gasteiger partial charge in [-0.3, -0.25) is 19.5 Å². The van der Waals surface area contributed by atoms with Crippen LogP contribution in [0.5, 0.6) is 11.6 Å². The highest BCUT2D eigenvalue weighted by molar-refractivity contribution is 5.99. The van der Waals surface area contributed by atoms with Crippen LogP contribution >= 0.6 is 0 Å². The van der Waals surface area contributed by atoms with E-state index in [1.807, 2.05) is 31.2 Å². The van der Waals surface area contributed by atoms with E-state index in [0.29, 0.717) is 30.9 Å². The van der Waals surface area contributed by atoms with Crippen LogP contribution in [0.1, 0.15) is 21.6 Å². The van der Waals surface area contributed by atoms with Crippen molar-refractivity contribution >= 4 is 11.8 Å². The Morgan fingerprint density at radius 3 is 2.61 bits per heavy atom. The molecule has 4 rings (SSSR count). The normalized spacial score (nSPS) is 16.3. The van der Waals surface area contributed by atoms with Crippen molar-refractivity contribution in [2.24, 2.45) is 0 Å². The SMILES string of the molecule is CNC(=O)[C@@H]1CN(Cc2ccccc2)CCN1C(=O)c1cccnc1Oc1ccc(C)nc1. The lowest BCUT2D eigenvalue weighted by Gasteiger charge is -2.40. The molecule has 2 aromatic heterocycles. The molecule has 0 saturated carbocycles. The molecule has 8 nitrogen and oxygen atoms in total. The summed E-state index contributed by atoms with van der Waals surface area (Å²) in [7, 11) is 1.59. The number of piperazine rings is 1. The molecule has 0 spiro atoms. The summed E-state index contributed by atoms with van der Waals surface area (Å²) in [5.74, 6) is 0.195. The summed E-state index contributed by atoms with van der Waals surface area (Å²) in [6, 6.07) is 16.4. The molecule has 3 heterocycles. The lowest BCUT2D eigenvalue weighted by Crippen LogP contribution is -2.60. The number of aromatic nitrogens is 2. The number of benzene rings is 1. The predicted octanol–water partition coefficient (Wildman–Crippen LogP) is 2.65. The molecule has 0 radical (unpaired) electrons. The fourth-order valence-electron chi connectivity index (χ4n) is 3.87. The third-order valence-corrected chi connectivity index (χ3v) is 5.62. The summed E-state index contributed by atoms with van der Waals surface area (Å²) in [5, 5.41) is 2.70. The highest BCUT2D eigenvalue weighted by Gasteiger charge is 2.36. The number of hydrogen-bond acceptors (Lipinski definition) is 6. The van der Waals surface area contributed by atoms with E-state index < -0.39 is 6.04 Å². The molecular formula is C25H27N5O3. The van der Waals surface area contributed by atoms with E-state index in [4.69, 9.17) is 4.74 Å². The summed E-state index contributed by atoms with van der Waals surface area (Å²) < 4.78 is 5.87. The average Bonchev–Trinajstić information content (AvgIpc) is 2.85. The topological polar surface area (TPSA) is 87.7 Å². The Morgan fingerprint density at radius 2 is 1.88 bits per heavy atom. The summed E-state index contributed by atoms with van der Waals surface area (Å²) in [4.78, 5) is 38.6. The van der Waals surface area contributed by atoms with Crippen molar-refractivity contribution in [3.8, 4) is 11.6 Å². The molecule has 1 fully saturated rings. The number of nitrogens with zero attached hydrogens (tertiary/aromatic N) is 4. The third-order valence-electron chi connectivity index (χ3n) is 5.62. The van der Waals surface area contributed by atoms with Crippen molar-refractivity contribution in [3.63, 3.8) is 0 Å². The molecular weight excluding hydrogens is 418 g/mol. The maximum atomic E-state index is 13.6. The number of likely N-dealkylation sites (N-methyl/N-ethyl adjacent to an activating group) is 1. The molecule has 1 aliphatic heterocycles. The average molecular weight is 446 g/mol. The molecule has 0 aliphatic carbocycles. The maximum absolute atomic E-state index is 13.6. The van der Waals surface area contributed by atoms with Crippen molar-refractivity contribution < 1.29 is 14.3 Å². The van der Waals surface area contributed by atoms with Gasteiger partial charge in [-0.05, 0) is 36.8 Å². The minimum Gasteiger partial charge on any atom is -0.437 e. The lowest BCUT2D eigenvalue weighted by atomic mass is 10.1. The van der Waals surface area contributed by atoms with E-state index in [9.17, 15) is 9.59 Å². The first-order valence-corrected chi connectivity index (χ1v) is 10.9. The Hall–Kier alpha value is -3.78. The van der Waals surface area contributed by atoms with Crippen molar-refractivity contribution in [1.29, 1.82) is 0 Å². The van der Waals surface area contributed by atoms with Crippen LogP contribution in [0.2, 0.25) is 0 Å². The number of amides is 2. The van der Waals surface area contributed by atoms with Gasteiger partial charge in [-0.1, -0.05) is 30.3 Å². The number of rotatable bonds is 6. The van der Waals surface area contributed by atoms with Gasteiger partial charge in [0.15, 0.2) is 0 Å². The van der Waals surface area contributed by atoms with E-state index in [1.165, 1.54) is 5.56 Å². The zero-order valence-electron chi connectivity index (χ0n) is 18.8. The summed E-state index contributed by atoms with van der Waals surface area (Å²) in [6.45, 7) is 4.13. The lowest BCUT2D eigenvalue weighted by molar-refractivity contribution is -0.127. The van der Waals surface area contributed by atoms with Crippen LogP contribution in [0.4, 0.5) is 0 Å². The van der Waals surface area contributed by atoms with E-state index in [0.717, 1.165) is 12.2 Å². The first kappa shape index (κ1) is 22.4. The summed E-state index contributed by atoms with van der Waals surface area (Å²) in [5.41, 5.74) is 2.34. The molecule has 170 valence electrons. The molecule has 8 heteroatoms. The van der Waals surface area contributed by atoms with Gasteiger partial charge in [-0.15, -0.1) is 0 Å². The number of carbonyl (C=O) groups is 2. The second kappa shape index (κ2) is 10.2. The van der Waals surface area contributed by atoms with Crippen LogP contribution in [0.15, 0.2) is 67.0 Å². The van der Waals surface area contributed by atoms with Crippen LogP contribution < -0.4 is 10.1 Å². The number of aryl methyl sites for hydroxylation is 1. The Balaban J connectivity index is 1.54. The van der Waals surface area contributed by atoms with Gasteiger partial charge in [-0.2, -0.15) is 0 Å². The molecule has 0 unspecified atom stereocenters. The number of nitrogens with one attached hydrogen (secondary N) is 1. The molecule has 33 heavy (non-hydrogen) atoms. The van der Waals surface area contributed by atoms with Crippen LogP contribution in [0.3, 0.4) is 0 Å². The van der Waals surface area contributed by atoms with Gasteiger partial charge in [0.2, 0.25) is 11.8 Å². The number of ether oxygens (including phenoxy) is 1. The minimum absolute atomic E-state index is 0.190. The molecule has 1 atom stereocenters. The van der Waals surface area contributed by atoms with E-state index >= 15 is 0 Å². The van der Waals surface area contributed by atoms with Gasteiger partial charge in [0.25, 0.3) is 5.91 Å². The van der Waals surface area contributed by atoms with Gasteiger partial charge < -0.3 is 15.0 Å². The summed E-state index contributed by atoms with van der Waals surface area (Å²) >= 11 is 0. The quantitative estimate of drug-likeness (QED) is 0.628. The fourth-order valence-corrected chi connectivity index (χ4v) is 3.87. The monoisotopic (exact) mass is 445 g/mol. The largest absolute Gasteiger partial charge is 0.437 e. The van der Waals surface area contributed by atoms with Gasteiger partial charge >= 0.3 is 0 Å². The molecule has 2 amide bonds. The zero-order chi connectivity index (χ0) is 23.2. The first-order chi connectivity index (χ1) is 16.0. The summed E-state index contributed by atoms with van der Waals surface area (Å²) in [6.07, 6.45) is 3.16. The first-order valence-electron chi connectivity index (χ1n) is 10.9. The smallest absolute Gasteiger partial charge is 0.260 e. The molecule has 1 aliphatic rings. The van der Waals surface area contributed by atoms with Crippen molar-refractivity contribution in [2.75, 3.05) is 26.7 Å². The van der Waals surface area contributed by atoms with Crippen LogP contribution in [0.25, 0.3) is 0 Å². The standard InChI is InChI=1S/C25H27N5O3/c1-18-10-11-20(15-28-18)33-24-21(9-6-12-27-24)25(32)30-14-13-29(17-22(30)23(31)26-2)16-19-7-4-3-5-8-19/h3-12,15,22H,13-14,16-17H2,1-2H3,(H,26,31)/t22-/m0/s1. The van der Waals surface area contributed by atoms with Gasteiger partial charge in [-0.25, -0.2) is 4.98 Å². The van der Waals surface area contributed by atoms with Crippen LogP contribution in [-0.2, 0) is 11.3 Å². The molecule has 1 saturated heterocycles. The van der Waals surface area contributed by atoms with Crippen molar-refractivity contribution in [2.45, 2.75) is 19.5 Å². The highest BCUT2D eigenvalue weighted by Crippen LogP contribution is 2.25. The fraction of sp³-hybridized carbons (Fsp3) is 0.280. The van der Waals surface area contributed by atoms with E-state index in [2.05, 4.69) is 32.3 Å². The Labute approximate surface area is 193 Å². The second-order valence-electron chi connectivity index (χ2n) is 7.94. The molecule has 0 bridgehead atoms. The van der Waals surface area contributed by atoms with Gasteiger partial charge in [0.1, 0.15) is 17.4 Å². The van der Waals surface area contributed by atoms with E-state index in [-0.39, 0.29) is 17.7 Å². The number of pyridine rings is 2.